The molecule has 0 bridgehead atoms. The number of aryl methyl sites for hydroxylation is 1. The highest BCUT2D eigenvalue weighted by atomic mass is 79.9. The Bertz CT molecular complexity index is 382. The first-order valence-corrected chi connectivity index (χ1v) is 4.61. The molecule has 8 heteroatoms. The number of hydrogen-bond donors (Lipinski definition) is 2. The molecule has 1 aromatic rings. The van der Waals surface area contributed by atoms with Gasteiger partial charge in [-0.25, -0.2) is 4.79 Å². The average Bonchev–Trinajstić information content (AvgIpc) is 2.11. The Morgan fingerprint density at radius 2 is 2.00 bits per heavy atom. The summed E-state index contributed by atoms with van der Waals surface area (Å²) in [4.78, 5) is 12.9. The van der Waals surface area contributed by atoms with Crippen LogP contribution in [0.2, 0.25) is 0 Å². The monoisotopic (exact) mass is 300 g/mol. The number of aliphatic carboxylic acids is 1. The van der Waals surface area contributed by atoms with Crippen LogP contribution in [0.3, 0.4) is 0 Å². The van der Waals surface area contributed by atoms with Gasteiger partial charge in [0.2, 0.25) is 0 Å². The quantitative estimate of drug-likeness (QED) is 0.771. The third-order valence-electron chi connectivity index (χ3n) is 1.26. The molecule has 0 saturated heterocycles. The summed E-state index contributed by atoms with van der Waals surface area (Å²) in [5, 5.41) is 7.12. The first-order chi connectivity index (χ1) is 7.14. The third-order valence-corrected chi connectivity index (χ3v) is 1.95. The fraction of sp³-hybridized carbons (Fsp3) is 0.250. The summed E-state index contributed by atoms with van der Waals surface area (Å²) in [5.74, 6) is -2.76. The van der Waals surface area contributed by atoms with Gasteiger partial charge in [-0.2, -0.15) is 13.2 Å². The number of halogens is 4. The van der Waals surface area contributed by atoms with Crippen LogP contribution in [0, 0.1) is 6.92 Å². The molecule has 1 rings (SSSR count). The highest BCUT2D eigenvalue weighted by Gasteiger charge is 2.38. The van der Waals surface area contributed by atoms with Gasteiger partial charge in [0.1, 0.15) is 0 Å². The lowest BCUT2D eigenvalue weighted by molar-refractivity contribution is -0.192. The summed E-state index contributed by atoms with van der Waals surface area (Å²) in [7, 11) is 0. The maximum atomic E-state index is 10.6. The molecule has 0 amide bonds. The van der Waals surface area contributed by atoms with Crippen LogP contribution in [0.4, 0.5) is 18.9 Å². The van der Waals surface area contributed by atoms with E-state index in [0.717, 1.165) is 10.2 Å². The molecule has 0 fully saturated rings. The lowest BCUT2D eigenvalue weighted by Crippen LogP contribution is -2.21. The summed E-state index contributed by atoms with van der Waals surface area (Å²) in [6, 6.07) is 1.88. The molecule has 3 N–H and O–H groups in total. The zero-order chi connectivity index (χ0) is 12.9. The van der Waals surface area contributed by atoms with Crippen LogP contribution in [0.15, 0.2) is 16.7 Å². The number of carboxylic acid groups (broad SMARTS) is 1. The molecule has 0 aliphatic rings. The minimum Gasteiger partial charge on any atom is -0.475 e. The molecule has 0 aliphatic carbocycles. The van der Waals surface area contributed by atoms with E-state index in [0.29, 0.717) is 5.69 Å². The Hall–Kier alpha value is -1.31. The molecule has 0 spiro atoms. The van der Waals surface area contributed by atoms with E-state index in [1.54, 1.807) is 6.20 Å². The standard InChI is InChI=1S/C6H7BrN2.C2HF3O2/c1-4-2-5(7)6(8)3-9-4;3-2(4,5)1(6)7/h2-3H,8H2,1H3;(H,6,7). The van der Waals surface area contributed by atoms with Gasteiger partial charge in [0.25, 0.3) is 0 Å². The number of aromatic nitrogens is 1. The van der Waals surface area contributed by atoms with E-state index < -0.39 is 12.1 Å². The number of alkyl halides is 3. The van der Waals surface area contributed by atoms with Gasteiger partial charge in [0, 0.05) is 10.2 Å². The van der Waals surface area contributed by atoms with Crippen LogP contribution in [0.5, 0.6) is 0 Å². The highest BCUT2D eigenvalue weighted by molar-refractivity contribution is 9.10. The summed E-state index contributed by atoms with van der Waals surface area (Å²) in [6.07, 6.45) is -3.45. The van der Waals surface area contributed by atoms with Crippen molar-refractivity contribution in [3.8, 4) is 0 Å². The summed E-state index contributed by atoms with van der Waals surface area (Å²) >= 11 is 3.28. The lowest BCUT2D eigenvalue weighted by atomic mass is 10.3. The number of nitrogen functional groups attached to an aromatic ring is 1. The van der Waals surface area contributed by atoms with E-state index in [1.807, 2.05) is 13.0 Å². The number of pyridine rings is 1. The van der Waals surface area contributed by atoms with Crippen molar-refractivity contribution in [3.05, 3.63) is 22.4 Å². The number of carboxylic acids is 1. The molecule has 0 saturated carbocycles. The topological polar surface area (TPSA) is 76.2 Å². The largest absolute Gasteiger partial charge is 0.490 e. The number of nitrogens with two attached hydrogens (primary N) is 1. The van der Waals surface area contributed by atoms with E-state index in [9.17, 15) is 13.2 Å². The van der Waals surface area contributed by atoms with E-state index in [-0.39, 0.29) is 0 Å². The molecule has 0 aromatic carbocycles. The zero-order valence-electron chi connectivity index (χ0n) is 8.05. The summed E-state index contributed by atoms with van der Waals surface area (Å²) in [5.41, 5.74) is 7.13. The van der Waals surface area contributed by atoms with Crippen molar-refractivity contribution in [2.45, 2.75) is 13.1 Å². The van der Waals surface area contributed by atoms with Crippen LogP contribution < -0.4 is 5.73 Å². The van der Waals surface area contributed by atoms with Gasteiger partial charge in [-0.15, -0.1) is 0 Å². The van der Waals surface area contributed by atoms with E-state index in [1.165, 1.54) is 0 Å². The Morgan fingerprint density at radius 1 is 1.56 bits per heavy atom. The predicted molar refractivity (Wildman–Crippen MR) is 54.8 cm³/mol. The molecule has 0 aliphatic heterocycles. The lowest BCUT2D eigenvalue weighted by Gasteiger charge is -1.95. The van der Waals surface area contributed by atoms with Crippen LogP contribution in [0.25, 0.3) is 0 Å². The van der Waals surface area contributed by atoms with E-state index >= 15 is 0 Å². The predicted octanol–water partition coefficient (Wildman–Crippen LogP) is 2.37. The van der Waals surface area contributed by atoms with Crippen molar-refractivity contribution in [2.24, 2.45) is 0 Å². The first kappa shape index (κ1) is 14.7. The van der Waals surface area contributed by atoms with Gasteiger partial charge < -0.3 is 10.8 Å². The molecular weight excluding hydrogens is 293 g/mol. The zero-order valence-corrected chi connectivity index (χ0v) is 9.63. The minimum atomic E-state index is -5.08. The molecule has 1 aromatic heterocycles. The molecule has 16 heavy (non-hydrogen) atoms. The Morgan fingerprint density at radius 3 is 2.25 bits per heavy atom. The van der Waals surface area contributed by atoms with Gasteiger partial charge >= 0.3 is 12.1 Å². The Balaban J connectivity index is 0.000000293. The fourth-order valence-corrected chi connectivity index (χ4v) is 0.971. The van der Waals surface area contributed by atoms with Gasteiger partial charge in [-0.3, -0.25) is 4.98 Å². The number of carbonyl (C=O) groups is 1. The van der Waals surface area contributed by atoms with Crippen molar-refractivity contribution >= 4 is 27.6 Å². The Labute approximate surface area is 97.4 Å². The fourth-order valence-electron chi connectivity index (χ4n) is 0.537. The SMILES string of the molecule is Cc1cc(Br)c(N)cn1.O=C(O)C(F)(F)F. The van der Waals surface area contributed by atoms with Crippen LogP contribution in [-0.2, 0) is 4.79 Å². The summed E-state index contributed by atoms with van der Waals surface area (Å²) in [6.45, 7) is 1.92. The second-order valence-corrected chi connectivity index (χ2v) is 3.50. The maximum absolute atomic E-state index is 10.6. The van der Waals surface area contributed by atoms with Crippen LogP contribution in [-0.4, -0.2) is 22.2 Å². The van der Waals surface area contributed by atoms with Crippen molar-refractivity contribution in [3.63, 3.8) is 0 Å². The smallest absolute Gasteiger partial charge is 0.475 e. The second-order valence-electron chi connectivity index (χ2n) is 2.65. The highest BCUT2D eigenvalue weighted by Crippen LogP contribution is 2.17. The molecule has 0 unspecified atom stereocenters. The van der Waals surface area contributed by atoms with Crippen molar-refractivity contribution in [1.82, 2.24) is 4.98 Å². The number of nitrogens with zero attached hydrogens (tertiary/aromatic N) is 1. The molecule has 1 heterocycles. The second kappa shape index (κ2) is 5.69. The Kier molecular flexibility index (Phi) is 5.22. The normalized spacial score (nSPS) is 10.3. The van der Waals surface area contributed by atoms with Gasteiger partial charge in [0.05, 0.1) is 11.9 Å². The molecule has 4 nitrogen and oxygen atoms in total. The first-order valence-electron chi connectivity index (χ1n) is 3.82. The molecule has 0 radical (unpaired) electrons. The molecule has 90 valence electrons. The average molecular weight is 301 g/mol. The van der Waals surface area contributed by atoms with Crippen LogP contribution >= 0.6 is 15.9 Å². The van der Waals surface area contributed by atoms with Crippen LogP contribution in [0.1, 0.15) is 5.69 Å². The third kappa shape index (κ3) is 5.54. The minimum absolute atomic E-state index is 0.681. The van der Waals surface area contributed by atoms with Gasteiger partial charge in [-0.1, -0.05) is 0 Å². The van der Waals surface area contributed by atoms with Gasteiger partial charge in [0.15, 0.2) is 0 Å². The molecule has 0 atom stereocenters. The number of hydrogen-bond acceptors (Lipinski definition) is 3. The maximum Gasteiger partial charge on any atom is 0.490 e. The van der Waals surface area contributed by atoms with E-state index in [4.69, 9.17) is 15.6 Å². The number of rotatable bonds is 0. The van der Waals surface area contributed by atoms with Crippen molar-refractivity contribution in [2.75, 3.05) is 5.73 Å². The summed E-state index contributed by atoms with van der Waals surface area (Å²) < 4.78 is 32.6. The van der Waals surface area contributed by atoms with E-state index in [2.05, 4.69) is 20.9 Å². The molecular formula is C8H8BrF3N2O2. The van der Waals surface area contributed by atoms with Gasteiger partial charge in [-0.05, 0) is 28.9 Å². The van der Waals surface area contributed by atoms with Crippen molar-refractivity contribution in [1.29, 1.82) is 0 Å². The van der Waals surface area contributed by atoms with Crippen molar-refractivity contribution < 1.29 is 23.1 Å². The number of anilines is 1.